The maximum Gasteiger partial charge on any atom is 0.317 e. The number of piperazine rings is 1. The Hall–Kier alpha value is -2.08. The number of nitrogens with one attached hydrogen (secondary N) is 2. The Labute approximate surface area is 143 Å². The van der Waals surface area contributed by atoms with E-state index >= 15 is 0 Å². The average molecular weight is 330 g/mol. The lowest BCUT2D eigenvalue weighted by molar-refractivity contribution is -0.126. The van der Waals surface area contributed by atoms with E-state index in [1.165, 1.54) is 5.56 Å². The van der Waals surface area contributed by atoms with Crippen LogP contribution < -0.4 is 10.6 Å². The number of fused-ring (bicyclic) bond motifs is 1. The molecule has 2 aliphatic rings. The smallest absolute Gasteiger partial charge is 0.317 e. The molecule has 0 aromatic heterocycles. The van der Waals surface area contributed by atoms with Crippen molar-refractivity contribution in [2.45, 2.75) is 18.9 Å². The van der Waals surface area contributed by atoms with Crippen LogP contribution in [0.15, 0.2) is 30.3 Å². The molecule has 2 saturated heterocycles. The average Bonchev–Trinajstić information content (AvgIpc) is 3.00. The van der Waals surface area contributed by atoms with Gasteiger partial charge in [0.2, 0.25) is 5.91 Å². The van der Waals surface area contributed by atoms with E-state index in [2.05, 4.69) is 27.7 Å². The van der Waals surface area contributed by atoms with Crippen LogP contribution in [0, 0.1) is 5.92 Å². The lowest BCUT2D eigenvalue weighted by Crippen LogP contribution is -2.57. The highest BCUT2D eigenvalue weighted by Crippen LogP contribution is 2.39. The van der Waals surface area contributed by atoms with Gasteiger partial charge in [-0.05, 0) is 12.5 Å². The van der Waals surface area contributed by atoms with Crippen molar-refractivity contribution in [3.63, 3.8) is 0 Å². The molecule has 2 N–H and O–H groups in total. The van der Waals surface area contributed by atoms with Crippen LogP contribution in [-0.4, -0.2) is 67.6 Å². The third kappa shape index (κ3) is 3.11. The summed E-state index contributed by atoms with van der Waals surface area (Å²) in [5.74, 6) is 0.106. The summed E-state index contributed by atoms with van der Waals surface area (Å²) in [5, 5.41) is 5.69. The highest BCUT2D eigenvalue weighted by molar-refractivity contribution is 5.81. The summed E-state index contributed by atoms with van der Waals surface area (Å²) in [6.07, 6.45) is 0. The van der Waals surface area contributed by atoms with E-state index in [4.69, 9.17) is 0 Å². The van der Waals surface area contributed by atoms with Crippen molar-refractivity contribution in [2.24, 2.45) is 5.92 Å². The Bertz CT molecular complexity index is 592. The first-order chi connectivity index (χ1) is 11.7. The van der Waals surface area contributed by atoms with E-state index in [0.29, 0.717) is 19.6 Å². The molecular formula is C18H26N4O2. The zero-order valence-electron chi connectivity index (χ0n) is 14.4. The fourth-order valence-electron chi connectivity index (χ4n) is 4.03. The van der Waals surface area contributed by atoms with Crippen LogP contribution in [0.5, 0.6) is 0 Å². The summed E-state index contributed by atoms with van der Waals surface area (Å²) in [5.41, 5.74) is 1.20. The molecule has 0 radical (unpaired) electrons. The number of hydrogen-bond acceptors (Lipinski definition) is 3. The number of nitrogens with zero attached hydrogens (tertiary/aromatic N) is 2. The molecular weight excluding hydrogens is 304 g/mol. The Morgan fingerprint density at radius 2 is 1.92 bits per heavy atom. The van der Waals surface area contributed by atoms with Crippen molar-refractivity contribution < 1.29 is 9.59 Å². The first kappa shape index (κ1) is 16.8. The van der Waals surface area contributed by atoms with E-state index in [9.17, 15) is 9.59 Å². The summed E-state index contributed by atoms with van der Waals surface area (Å²) in [7, 11) is 1.69. The number of carbonyl (C=O) groups excluding carboxylic acids is 2. The fourth-order valence-corrected chi connectivity index (χ4v) is 4.03. The number of carbonyl (C=O) groups is 2. The Morgan fingerprint density at radius 1 is 1.17 bits per heavy atom. The predicted octanol–water partition coefficient (Wildman–Crippen LogP) is 0.862. The minimum atomic E-state index is -0.130. The summed E-state index contributed by atoms with van der Waals surface area (Å²) < 4.78 is 0. The Balaban J connectivity index is 1.83. The SMILES string of the molecule is CCNC(=O)N1CCN2C[C@H](c3ccccc3)[C@@H](C(=O)NC)[C@H]2C1. The minimum Gasteiger partial charge on any atom is -0.359 e. The zero-order chi connectivity index (χ0) is 17.1. The molecule has 130 valence electrons. The highest BCUT2D eigenvalue weighted by Gasteiger charge is 2.48. The standard InChI is InChI=1S/C18H26N4O2/c1-3-20-18(24)22-10-9-21-11-14(13-7-5-4-6-8-13)16(15(21)12-22)17(23)19-2/h4-8,14-16H,3,9-12H2,1-2H3,(H,19,23)(H,20,24)/t14-,15-,16-/m1/s1. The number of amides is 3. The van der Waals surface area contributed by atoms with Gasteiger partial charge in [0.15, 0.2) is 0 Å². The van der Waals surface area contributed by atoms with Crippen molar-refractivity contribution in [1.82, 2.24) is 20.4 Å². The van der Waals surface area contributed by atoms with Crippen LogP contribution in [-0.2, 0) is 4.79 Å². The van der Waals surface area contributed by atoms with Gasteiger partial charge >= 0.3 is 6.03 Å². The maximum atomic E-state index is 12.6. The van der Waals surface area contributed by atoms with Crippen molar-refractivity contribution >= 4 is 11.9 Å². The van der Waals surface area contributed by atoms with Gasteiger partial charge in [-0.3, -0.25) is 9.69 Å². The van der Waals surface area contributed by atoms with Crippen LogP contribution in [0.1, 0.15) is 18.4 Å². The second-order valence-electron chi connectivity index (χ2n) is 6.50. The number of benzene rings is 1. The Kier molecular flexibility index (Phi) is 5.04. The number of urea groups is 1. The van der Waals surface area contributed by atoms with Gasteiger partial charge in [0, 0.05) is 51.7 Å². The van der Waals surface area contributed by atoms with Gasteiger partial charge < -0.3 is 15.5 Å². The van der Waals surface area contributed by atoms with Crippen molar-refractivity contribution in [3.05, 3.63) is 35.9 Å². The molecule has 0 bridgehead atoms. The molecule has 0 aliphatic carbocycles. The molecule has 2 aliphatic heterocycles. The van der Waals surface area contributed by atoms with Crippen LogP contribution in [0.25, 0.3) is 0 Å². The van der Waals surface area contributed by atoms with Gasteiger partial charge in [0.1, 0.15) is 0 Å². The molecule has 24 heavy (non-hydrogen) atoms. The molecule has 2 fully saturated rings. The Morgan fingerprint density at radius 3 is 2.58 bits per heavy atom. The summed E-state index contributed by atoms with van der Waals surface area (Å²) in [6, 6.07) is 10.3. The van der Waals surface area contributed by atoms with Gasteiger partial charge in [-0.25, -0.2) is 4.79 Å². The van der Waals surface area contributed by atoms with Gasteiger partial charge in [0.25, 0.3) is 0 Å². The lowest BCUT2D eigenvalue weighted by atomic mass is 9.84. The minimum absolute atomic E-state index is 0.0315. The normalized spacial score (nSPS) is 26.8. The molecule has 0 spiro atoms. The molecule has 6 nitrogen and oxygen atoms in total. The van der Waals surface area contributed by atoms with E-state index in [0.717, 1.165) is 13.1 Å². The van der Waals surface area contributed by atoms with E-state index in [1.807, 2.05) is 30.0 Å². The van der Waals surface area contributed by atoms with Gasteiger partial charge in [-0.1, -0.05) is 30.3 Å². The van der Waals surface area contributed by atoms with Gasteiger partial charge in [0.05, 0.1) is 5.92 Å². The molecule has 0 unspecified atom stereocenters. The summed E-state index contributed by atoms with van der Waals surface area (Å²) in [4.78, 5) is 29.0. The third-order valence-electron chi connectivity index (χ3n) is 5.20. The van der Waals surface area contributed by atoms with Crippen molar-refractivity contribution in [1.29, 1.82) is 0 Å². The second kappa shape index (κ2) is 7.21. The number of hydrogen-bond donors (Lipinski definition) is 2. The number of rotatable bonds is 3. The molecule has 3 rings (SSSR count). The van der Waals surface area contributed by atoms with Crippen LogP contribution in [0.3, 0.4) is 0 Å². The molecule has 1 aromatic rings. The largest absolute Gasteiger partial charge is 0.359 e. The van der Waals surface area contributed by atoms with Crippen LogP contribution >= 0.6 is 0 Å². The summed E-state index contributed by atoms with van der Waals surface area (Å²) >= 11 is 0. The van der Waals surface area contributed by atoms with Gasteiger partial charge in [-0.15, -0.1) is 0 Å². The molecule has 0 saturated carbocycles. The van der Waals surface area contributed by atoms with Gasteiger partial charge in [-0.2, -0.15) is 0 Å². The molecule has 2 heterocycles. The van der Waals surface area contributed by atoms with E-state index in [-0.39, 0.29) is 29.8 Å². The molecule has 1 aromatic carbocycles. The van der Waals surface area contributed by atoms with Crippen LogP contribution in [0.2, 0.25) is 0 Å². The predicted molar refractivity (Wildman–Crippen MR) is 92.7 cm³/mol. The maximum absolute atomic E-state index is 12.6. The molecule has 3 atom stereocenters. The quantitative estimate of drug-likeness (QED) is 0.864. The van der Waals surface area contributed by atoms with Crippen LogP contribution in [0.4, 0.5) is 4.79 Å². The molecule has 6 heteroatoms. The highest BCUT2D eigenvalue weighted by atomic mass is 16.2. The summed E-state index contributed by atoms with van der Waals surface area (Å²) in [6.45, 7) is 5.55. The van der Waals surface area contributed by atoms with Crippen molar-refractivity contribution in [2.75, 3.05) is 39.8 Å². The topological polar surface area (TPSA) is 64.7 Å². The first-order valence-corrected chi connectivity index (χ1v) is 8.69. The van der Waals surface area contributed by atoms with E-state index < -0.39 is 0 Å². The zero-order valence-corrected chi connectivity index (χ0v) is 14.4. The second-order valence-corrected chi connectivity index (χ2v) is 6.50. The monoisotopic (exact) mass is 330 g/mol. The molecule has 3 amide bonds. The fraction of sp³-hybridized carbons (Fsp3) is 0.556. The van der Waals surface area contributed by atoms with E-state index in [1.54, 1.807) is 7.05 Å². The first-order valence-electron chi connectivity index (χ1n) is 8.69. The third-order valence-corrected chi connectivity index (χ3v) is 5.20. The van der Waals surface area contributed by atoms with Crippen molar-refractivity contribution in [3.8, 4) is 0 Å². The lowest BCUT2D eigenvalue weighted by Gasteiger charge is -2.39.